The van der Waals surface area contributed by atoms with Gasteiger partial charge in [-0.15, -0.1) is 0 Å². The van der Waals surface area contributed by atoms with Crippen molar-refractivity contribution in [3.63, 3.8) is 0 Å². The van der Waals surface area contributed by atoms with E-state index >= 15 is 0 Å². The lowest BCUT2D eigenvalue weighted by Crippen LogP contribution is -2.41. The number of hydrogen-bond donors (Lipinski definition) is 1. The maximum absolute atomic E-state index is 12.9. The van der Waals surface area contributed by atoms with E-state index in [0.717, 1.165) is 34.3 Å². The number of amides is 1. The molecule has 1 N–H and O–H groups in total. The van der Waals surface area contributed by atoms with Gasteiger partial charge < -0.3 is 14.5 Å². The van der Waals surface area contributed by atoms with Crippen molar-refractivity contribution in [2.45, 2.75) is 32.4 Å². The summed E-state index contributed by atoms with van der Waals surface area (Å²) < 4.78 is 10.9. The largest absolute Gasteiger partial charge is 0.497 e. The Hall–Kier alpha value is -2.66. The van der Waals surface area contributed by atoms with E-state index in [4.69, 9.17) is 21.1 Å². The van der Waals surface area contributed by atoms with Gasteiger partial charge in [0.2, 0.25) is 0 Å². The van der Waals surface area contributed by atoms with Gasteiger partial charge in [-0.2, -0.15) is 0 Å². The second-order valence-electron chi connectivity index (χ2n) is 7.26. The van der Waals surface area contributed by atoms with Gasteiger partial charge in [-0.25, -0.2) is 4.79 Å². The number of halogens is 1. The summed E-state index contributed by atoms with van der Waals surface area (Å²) in [4.78, 5) is 18.2. The van der Waals surface area contributed by atoms with Gasteiger partial charge in [0, 0.05) is 28.2 Å². The first-order valence-electron chi connectivity index (χ1n) is 9.39. The predicted octanol–water partition coefficient (Wildman–Crippen LogP) is 5.32. The Balaban J connectivity index is 1.87. The van der Waals surface area contributed by atoms with Crippen molar-refractivity contribution in [1.29, 1.82) is 0 Å². The number of nitrogens with zero attached hydrogens (tertiary/aromatic N) is 1. The Kier molecular flexibility index (Phi) is 4.94. The van der Waals surface area contributed by atoms with Crippen LogP contribution in [0, 0.1) is 0 Å². The number of ether oxygens (including phenoxy) is 2. The molecule has 0 aliphatic carbocycles. The van der Waals surface area contributed by atoms with Crippen LogP contribution in [0.5, 0.6) is 5.75 Å². The standard InChI is InChI=1S/C22H23ClN2O3/c1-13(2)28-22(26)25-10-9-17-18-12-15(23)7-8-19(18)24-20(17)21(25)14-5-4-6-16(11-14)27-3/h4-8,11-13,21,24H,9-10H2,1-3H3. The fourth-order valence-corrected chi connectivity index (χ4v) is 4.06. The summed E-state index contributed by atoms with van der Waals surface area (Å²) in [5.41, 5.74) is 4.18. The fraction of sp³-hybridized carbons (Fsp3) is 0.318. The Labute approximate surface area is 169 Å². The van der Waals surface area contributed by atoms with Crippen LogP contribution in [0.3, 0.4) is 0 Å². The zero-order valence-corrected chi connectivity index (χ0v) is 16.9. The van der Waals surface area contributed by atoms with Crippen LogP contribution < -0.4 is 4.74 Å². The van der Waals surface area contributed by atoms with E-state index in [0.29, 0.717) is 11.6 Å². The highest BCUT2D eigenvalue weighted by Crippen LogP contribution is 2.40. The fourth-order valence-electron chi connectivity index (χ4n) is 3.88. The molecule has 2 aromatic carbocycles. The molecule has 28 heavy (non-hydrogen) atoms. The van der Waals surface area contributed by atoms with E-state index in [1.807, 2.05) is 56.3 Å². The Morgan fingerprint density at radius 1 is 1.25 bits per heavy atom. The highest BCUT2D eigenvalue weighted by molar-refractivity contribution is 6.31. The Morgan fingerprint density at radius 3 is 2.82 bits per heavy atom. The summed E-state index contributed by atoms with van der Waals surface area (Å²) in [6, 6.07) is 13.4. The molecule has 146 valence electrons. The van der Waals surface area contributed by atoms with Crippen molar-refractivity contribution < 1.29 is 14.3 Å². The highest BCUT2D eigenvalue weighted by Gasteiger charge is 2.35. The van der Waals surface area contributed by atoms with E-state index in [1.165, 1.54) is 5.56 Å². The molecule has 5 nitrogen and oxygen atoms in total. The predicted molar refractivity (Wildman–Crippen MR) is 110 cm³/mol. The minimum absolute atomic E-state index is 0.179. The molecule has 3 aromatic rings. The summed E-state index contributed by atoms with van der Waals surface area (Å²) in [5.74, 6) is 0.751. The van der Waals surface area contributed by atoms with Crippen molar-refractivity contribution in [2.75, 3.05) is 13.7 Å². The molecule has 0 radical (unpaired) electrons. The molecule has 4 rings (SSSR count). The summed E-state index contributed by atoms with van der Waals surface area (Å²) in [6.07, 6.45) is 0.245. The number of aromatic nitrogens is 1. The quantitative estimate of drug-likeness (QED) is 0.649. The number of hydrogen-bond acceptors (Lipinski definition) is 3. The second-order valence-corrected chi connectivity index (χ2v) is 7.70. The molecule has 1 amide bonds. The van der Waals surface area contributed by atoms with Crippen LogP contribution in [0.15, 0.2) is 42.5 Å². The summed E-state index contributed by atoms with van der Waals surface area (Å²) in [7, 11) is 1.64. The lowest BCUT2D eigenvalue weighted by Gasteiger charge is -2.36. The number of H-pyrrole nitrogens is 1. The molecule has 6 heteroatoms. The molecule has 1 aliphatic rings. The Bertz CT molecular complexity index is 1030. The average molecular weight is 399 g/mol. The second kappa shape index (κ2) is 7.40. The zero-order valence-electron chi connectivity index (χ0n) is 16.2. The first-order chi connectivity index (χ1) is 13.5. The third-order valence-corrected chi connectivity index (χ3v) is 5.30. The minimum atomic E-state index is -0.315. The van der Waals surface area contributed by atoms with Gasteiger partial charge in [0.25, 0.3) is 0 Å². The highest BCUT2D eigenvalue weighted by atomic mass is 35.5. The third kappa shape index (κ3) is 3.31. The molecule has 1 aliphatic heterocycles. The van der Waals surface area contributed by atoms with Gasteiger partial charge in [-0.05, 0) is 61.7 Å². The topological polar surface area (TPSA) is 54.6 Å². The van der Waals surface area contributed by atoms with Crippen LogP contribution in [0.2, 0.25) is 5.02 Å². The summed E-state index contributed by atoms with van der Waals surface area (Å²) in [6.45, 7) is 4.29. The summed E-state index contributed by atoms with van der Waals surface area (Å²) >= 11 is 6.23. The molecule has 0 saturated carbocycles. The summed E-state index contributed by atoms with van der Waals surface area (Å²) in [5, 5.41) is 1.81. The van der Waals surface area contributed by atoms with Crippen LogP contribution in [-0.4, -0.2) is 35.7 Å². The third-order valence-electron chi connectivity index (χ3n) is 5.07. The molecular weight excluding hydrogens is 376 g/mol. The number of carbonyl (C=O) groups is 1. The van der Waals surface area contributed by atoms with Crippen molar-refractivity contribution in [3.05, 3.63) is 64.3 Å². The molecule has 1 aromatic heterocycles. The van der Waals surface area contributed by atoms with Crippen LogP contribution >= 0.6 is 11.6 Å². The van der Waals surface area contributed by atoms with E-state index in [9.17, 15) is 4.79 Å². The number of methoxy groups -OCH3 is 1. The molecule has 1 unspecified atom stereocenters. The maximum Gasteiger partial charge on any atom is 0.410 e. The zero-order chi connectivity index (χ0) is 19.8. The maximum atomic E-state index is 12.9. The van der Waals surface area contributed by atoms with Crippen molar-refractivity contribution >= 4 is 28.6 Å². The smallest absolute Gasteiger partial charge is 0.410 e. The van der Waals surface area contributed by atoms with Crippen LogP contribution in [0.1, 0.15) is 36.7 Å². The van der Waals surface area contributed by atoms with Crippen molar-refractivity contribution in [3.8, 4) is 5.75 Å². The van der Waals surface area contributed by atoms with Crippen LogP contribution in [0.4, 0.5) is 4.79 Å². The normalized spacial score (nSPS) is 16.3. The van der Waals surface area contributed by atoms with Crippen molar-refractivity contribution in [2.24, 2.45) is 0 Å². The van der Waals surface area contributed by atoms with Gasteiger partial charge in [-0.3, -0.25) is 4.90 Å². The molecular formula is C22H23ClN2O3. The molecule has 0 saturated heterocycles. The van der Waals surface area contributed by atoms with Gasteiger partial charge >= 0.3 is 6.09 Å². The van der Waals surface area contributed by atoms with Crippen molar-refractivity contribution in [1.82, 2.24) is 9.88 Å². The monoisotopic (exact) mass is 398 g/mol. The number of nitrogens with one attached hydrogen (secondary N) is 1. The molecule has 1 atom stereocenters. The molecule has 0 bridgehead atoms. The molecule has 0 fully saturated rings. The van der Waals surface area contributed by atoms with Crippen LogP contribution in [0.25, 0.3) is 10.9 Å². The van der Waals surface area contributed by atoms with E-state index in [2.05, 4.69) is 4.98 Å². The number of rotatable bonds is 3. The van der Waals surface area contributed by atoms with E-state index in [-0.39, 0.29) is 18.2 Å². The average Bonchev–Trinajstić information content (AvgIpc) is 3.04. The van der Waals surface area contributed by atoms with Gasteiger partial charge in [-0.1, -0.05) is 23.7 Å². The SMILES string of the molecule is COc1cccc(C2c3[nH]c4ccc(Cl)cc4c3CCN2C(=O)OC(C)C)c1. The van der Waals surface area contributed by atoms with Crippen LogP contribution in [-0.2, 0) is 11.2 Å². The minimum Gasteiger partial charge on any atom is -0.497 e. The number of fused-ring (bicyclic) bond motifs is 3. The van der Waals surface area contributed by atoms with Gasteiger partial charge in [0.15, 0.2) is 0 Å². The lowest BCUT2D eigenvalue weighted by atomic mass is 9.92. The number of benzene rings is 2. The molecule has 0 spiro atoms. The Morgan fingerprint density at radius 2 is 2.07 bits per heavy atom. The van der Waals surface area contributed by atoms with Gasteiger partial charge in [0.1, 0.15) is 11.8 Å². The van der Waals surface area contributed by atoms with E-state index < -0.39 is 0 Å². The number of carbonyl (C=O) groups excluding carboxylic acids is 1. The first-order valence-corrected chi connectivity index (χ1v) is 9.77. The number of aromatic amines is 1. The first kappa shape index (κ1) is 18.7. The molecule has 2 heterocycles. The van der Waals surface area contributed by atoms with Gasteiger partial charge in [0.05, 0.1) is 13.2 Å². The lowest BCUT2D eigenvalue weighted by molar-refractivity contribution is 0.0655. The van der Waals surface area contributed by atoms with E-state index in [1.54, 1.807) is 12.0 Å².